The van der Waals surface area contributed by atoms with Crippen LogP contribution in [0.1, 0.15) is 18.1 Å². The van der Waals surface area contributed by atoms with Crippen LogP contribution >= 0.6 is 0 Å². The molecular weight excluding hydrogens is 276 g/mol. The van der Waals surface area contributed by atoms with E-state index in [1.165, 1.54) is 0 Å². The predicted molar refractivity (Wildman–Crippen MR) is 66.4 cm³/mol. The molecule has 1 aromatic rings. The first kappa shape index (κ1) is 14.4. The summed E-state index contributed by atoms with van der Waals surface area (Å²) in [6.45, 7) is -0.0133. The van der Waals surface area contributed by atoms with Crippen LogP contribution in [-0.4, -0.2) is 37.6 Å². The number of nitrogens with one attached hydrogen (secondary N) is 1. The lowest BCUT2D eigenvalue weighted by atomic mass is 10.1. The third-order valence-corrected chi connectivity index (χ3v) is 4.92. The number of rotatable bonds is 4. The van der Waals surface area contributed by atoms with Crippen molar-refractivity contribution in [3.63, 3.8) is 0 Å². The van der Waals surface area contributed by atoms with Gasteiger partial charge in [0.2, 0.25) is 0 Å². The minimum atomic E-state index is -3.00. The third-order valence-electron chi connectivity index (χ3n) is 3.15. The van der Waals surface area contributed by atoms with E-state index in [9.17, 15) is 22.3 Å². The van der Waals surface area contributed by atoms with Gasteiger partial charge >= 0.3 is 0 Å². The number of hydrogen-bond donors (Lipinski definition) is 2. The van der Waals surface area contributed by atoms with Crippen LogP contribution in [0.3, 0.4) is 0 Å². The number of hydrogen-bond acceptors (Lipinski definition) is 4. The van der Waals surface area contributed by atoms with Gasteiger partial charge in [-0.15, -0.1) is 0 Å². The fraction of sp³-hybridized carbons (Fsp3) is 0.500. The molecule has 19 heavy (non-hydrogen) atoms. The second-order valence-electron chi connectivity index (χ2n) is 4.69. The van der Waals surface area contributed by atoms with E-state index in [2.05, 4.69) is 5.32 Å². The second kappa shape index (κ2) is 5.52. The van der Waals surface area contributed by atoms with E-state index in [4.69, 9.17) is 0 Å². The molecule has 1 aliphatic heterocycles. The van der Waals surface area contributed by atoms with E-state index < -0.39 is 27.6 Å². The van der Waals surface area contributed by atoms with Crippen LogP contribution in [0.4, 0.5) is 8.78 Å². The Morgan fingerprint density at radius 2 is 2.16 bits per heavy atom. The molecule has 106 valence electrons. The second-order valence-corrected chi connectivity index (χ2v) is 6.92. The Morgan fingerprint density at radius 1 is 1.42 bits per heavy atom. The van der Waals surface area contributed by atoms with Crippen molar-refractivity contribution in [1.29, 1.82) is 0 Å². The Kier molecular flexibility index (Phi) is 4.17. The molecule has 1 aromatic carbocycles. The summed E-state index contributed by atoms with van der Waals surface area (Å²) in [5.74, 6) is -1.17. The van der Waals surface area contributed by atoms with Crippen LogP contribution in [-0.2, 0) is 9.84 Å². The van der Waals surface area contributed by atoms with Crippen molar-refractivity contribution in [2.24, 2.45) is 0 Å². The van der Waals surface area contributed by atoms with Crippen molar-refractivity contribution in [1.82, 2.24) is 5.32 Å². The maximum atomic E-state index is 13.4. The van der Waals surface area contributed by atoms with Crippen molar-refractivity contribution >= 4 is 9.84 Å². The van der Waals surface area contributed by atoms with Gasteiger partial charge in [-0.2, -0.15) is 0 Å². The molecular formula is C12H15F2NO3S. The van der Waals surface area contributed by atoms with Crippen LogP contribution in [0.25, 0.3) is 0 Å². The lowest BCUT2D eigenvalue weighted by molar-refractivity contribution is 0.166. The van der Waals surface area contributed by atoms with E-state index >= 15 is 0 Å². The smallest absolute Gasteiger partial charge is 0.151 e. The highest BCUT2D eigenvalue weighted by molar-refractivity contribution is 7.91. The number of halogens is 2. The van der Waals surface area contributed by atoms with E-state index in [0.29, 0.717) is 6.42 Å². The maximum Gasteiger partial charge on any atom is 0.151 e. The normalized spacial score (nSPS) is 23.4. The van der Waals surface area contributed by atoms with Gasteiger partial charge in [0.1, 0.15) is 11.6 Å². The zero-order valence-corrected chi connectivity index (χ0v) is 11.0. The average molecular weight is 291 g/mol. The first-order valence-electron chi connectivity index (χ1n) is 5.94. The highest BCUT2D eigenvalue weighted by atomic mass is 32.2. The van der Waals surface area contributed by atoms with Crippen LogP contribution in [0, 0.1) is 11.6 Å². The Hall–Kier alpha value is -1.05. The number of aliphatic hydroxyl groups excluding tert-OH is 1. The maximum absolute atomic E-state index is 13.4. The number of sulfone groups is 1. The van der Waals surface area contributed by atoms with E-state index in [1.807, 2.05) is 0 Å². The van der Waals surface area contributed by atoms with Gasteiger partial charge in [-0.25, -0.2) is 17.2 Å². The summed E-state index contributed by atoms with van der Waals surface area (Å²) in [6, 6.07) is 2.63. The van der Waals surface area contributed by atoms with Gasteiger partial charge in [0.15, 0.2) is 9.84 Å². The summed E-state index contributed by atoms with van der Waals surface area (Å²) in [4.78, 5) is 0. The molecule has 2 rings (SSSR count). The van der Waals surface area contributed by atoms with Crippen LogP contribution in [0.2, 0.25) is 0 Å². The Balaban J connectivity index is 1.94. The molecule has 7 heteroatoms. The summed E-state index contributed by atoms with van der Waals surface area (Å²) in [6.07, 6.45) is -0.736. The average Bonchev–Trinajstić information content (AvgIpc) is 2.69. The quantitative estimate of drug-likeness (QED) is 0.860. The fourth-order valence-electron chi connectivity index (χ4n) is 2.11. The summed E-state index contributed by atoms with van der Waals surface area (Å²) >= 11 is 0. The van der Waals surface area contributed by atoms with Gasteiger partial charge in [0.05, 0.1) is 17.6 Å². The zero-order valence-electron chi connectivity index (χ0n) is 10.1. The largest absolute Gasteiger partial charge is 0.387 e. The van der Waals surface area contributed by atoms with E-state index in [1.54, 1.807) is 0 Å². The summed E-state index contributed by atoms with van der Waals surface area (Å²) in [7, 11) is -3.00. The fourth-order valence-corrected chi connectivity index (χ4v) is 3.82. The van der Waals surface area contributed by atoms with Crippen LogP contribution in [0.5, 0.6) is 0 Å². The summed E-state index contributed by atoms with van der Waals surface area (Å²) in [5, 5.41) is 12.7. The van der Waals surface area contributed by atoms with Crippen molar-refractivity contribution < 1.29 is 22.3 Å². The molecule has 4 nitrogen and oxygen atoms in total. The standard InChI is InChI=1S/C12H15F2NO3S/c13-8-1-2-11(14)10(5-8)12(16)6-15-9-3-4-19(17,18)7-9/h1-2,5,9,12,15-16H,3-4,6-7H2. The van der Waals surface area contributed by atoms with Crippen molar-refractivity contribution in [2.75, 3.05) is 18.1 Å². The zero-order chi connectivity index (χ0) is 14.0. The molecule has 1 fully saturated rings. The molecule has 0 saturated carbocycles. The number of aliphatic hydroxyl groups is 1. The number of benzene rings is 1. The lowest BCUT2D eigenvalue weighted by Gasteiger charge is -2.16. The highest BCUT2D eigenvalue weighted by Gasteiger charge is 2.28. The molecule has 2 N–H and O–H groups in total. The molecule has 0 bridgehead atoms. The van der Waals surface area contributed by atoms with Crippen molar-refractivity contribution in [3.05, 3.63) is 35.4 Å². The Bertz CT molecular complexity index is 562. The summed E-state index contributed by atoms with van der Waals surface area (Å²) < 4.78 is 48.9. The molecule has 1 aliphatic rings. The first-order chi connectivity index (χ1) is 8.87. The van der Waals surface area contributed by atoms with Gasteiger partial charge in [-0.3, -0.25) is 0 Å². The molecule has 2 atom stereocenters. The molecule has 1 saturated heterocycles. The molecule has 0 aliphatic carbocycles. The first-order valence-corrected chi connectivity index (χ1v) is 7.76. The predicted octanol–water partition coefficient (Wildman–Crippen LogP) is 0.775. The van der Waals surface area contributed by atoms with Crippen LogP contribution < -0.4 is 5.32 Å². The van der Waals surface area contributed by atoms with Gasteiger partial charge < -0.3 is 10.4 Å². The van der Waals surface area contributed by atoms with Gasteiger partial charge in [-0.05, 0) is 24.6 Å². The van der Waals surface area contributed by atoms with Gasteiger partial charge in [0.25, 0.3) is 0 Å². The van der Waals surface area contributed by atoms with Gasteiger partial charge in [-0.1, -0.05) is 0 Å². The molecule has 0 radical (unpaired) electrons. The van der Waals surface area contributed by atoms with E-state index in [0.717, 1.165) is 18.2 Å². The topological polar surface area (TPSA) is 66.4 Å². The molecule has 0 amide bonds. The van der Waals surface area contributed by atoms with Crippen molar-refractivity contribution in [2.45, 2.75) is 18.6 Å². The molecule has 0 spiro atoms. The highest BCUT2D eigenvalue weighted by Crippen LogP contribution is 2.19. The van der Waals surface area contributed by atoms with Gasteiger partial charge in [0, 0.05) is 18.2 Å². The molecule has 1 heterocycles. The Morgan fingerprint density at radius 3 is 2.79 bits per heavy atom. The van der Waals surface area contributed by atoms with Crippen LogP contribution in [0.15, 0.2) is 18.2 Å². The molecule has 2 unspecified atom stereocenters. The SMILES string of the molecule is O=S1(=O)CCC(NCC(O)c2cc(F)ccc2F)C1. The lowest BCUT2D eigenvalue weighted by Crippen LogP contribution is -2.33. The van der Waals surface area contributed by atoms with Crippen molar-refractivity contribution in [3.8, 4) is 0 Å². The minimum absolute atomic E-state index is 0.0133. The molecule has 0 aromatic heterocycles. The minimum Gasteiger partial charge on any atom is -0.387 e. The summed E-state index contributed by atoms with van der Waals surface area (Å²) in [5.41, 5.74) is -0.131. The Labute approximate surface area is 110 Å². The van der Waals surface area contributed by atoms with E-state index in [-0.39, 0.29) is 29.7 Å². The monoisotopic (exact) mass is 291 g/mol. The third kappa shape index (κ3) is 3.71.